The number of aromatic nitrogens is 1. The molecule has 0 spiro atoms. The summed E-state index contributed by atoms with van der Waals surface area (Å²) in [7, 11) is 0. The van der Waals surface area contributed by atoms with Crippen molar-refractivity contribution in [1.29, 1.82) is 0 Å². The van der Waals surface area contributed by atoms with Crippen LogP contribution >= 0.6 is 0 Å². The van der Waals surface area contributed by atoms with Crippen molar-refractivity contribution in [2.45, 2.75) is 83.0 Å². The van der Waals surface area contributed by atoms with Crippen LogP contribution in [0.1, 0.15) is 74.3 Å². The highest BCUT2D eigenvalue weighted by atomic mass is 19.4. The van der Waals surface area contributed by atoms with Gasteiger partial charge in [0.1, 0.15) is 11.9 Å². The monoisotopic (exact) mass is 614 g/mol. The minimum atomic E-state index is -5.01. The summed E-state index contributed by atoms with van der Waals surface area (Å²) in [5.41, 5.74) is -1.61. The molecule has 3 fully saturated rings. The molecule has 5 rings (SSSR count). The molecule has 4 heterocycles. The first kappa shape index (κ1) is 31.2. The Kier molecular flexibility index (Phi) is 9.01. The van der Waals surface area contributed by atoms with Gasteiger partial charge >= 0.3 is 18.4 Å². The number of carbonyl (C=O) groups is 1. The maximum Gasteiger partial charge on any atom is 0.416 e. The number of anilines is 2. The minimum absolute atomic E-state index is 0.0331. The van der Waals surface area contributed by atoms with Gasteiger partial charge in [-0.15, -0.1) is 0 Å². The standard InChI is InChI=1S/C30H36F6N4O3/c1-3-39(24-7-11-42-12-8-24)27-21(15-25(17-37-27)38-9-5-4-6-10-38)18-40-19(2)26(43-28(40)41)20-13-22(29(31,32)33)16-23(14-20)30(34,35)36/h13-17,19,24,26H,3-12,18H2,1-2H3/t19-,26-/m0/s1. The molecule has 0 aliphatic carbocycles. The number of pyridine rings is 1. The van der Waals surface area contributed by atoms with Gasteiger partial charge in [0.15, 0.2) is 0 Å². The van der Waals surface area contributed by atoms with Gasteiger partial charge in [0, 0.05) is 44.5 Å². The van der Waals surface area contributed by atoms with E-state index in [2.05, 4.69) is 9.80 Å². The lowest BCUT2D eigenvalue weighted by molar-refractivity contribution is -0.143. The van der Waals surface area contributed by atoms with Crippen LogP contribution in [0.15, 0.2) is 30.5 Å². The van der Waals surface area contributed by atoms with Crippen LogP contribution in [0.4, 0.5) is 42.6 Å². The second-order valence-electron chi connectivity index (χ2n) is 11.4. The molecule has 3 aliphatic rings. The fraction of sp³-hybridized carbons (Fsp3) is 0.600. The lowest BCUT2D eigenvalue weighted by Crippen LogP contribution is -2.41. The molecule has 0 N–H and O–H groups in total. The van der Waals surface area contributed by atoms with Crippen molar-refractivity contribution >= 4 is 17.6 Å². The molecular weight excluding hydrogens is 578 g/mol. The van der Waals surface area contributed by atoms with Gasteiger partial charge < -0.3 is 19.3 Å². The smallest absolute Gasteiger partial charge is 0.416 e. The Balaban J connectivity index is 1.48. The number of benzene rings is 1. The van der Waals surface area contributed by atoms with Crippen molar-refractivity contribution in [2.24, 2.45) is 0 Å². The minimum Gasteiger partial charge on any atom is -0.439 e. The molecule has 2 atom stereocenters. The van der Waals surface area contributed by atoms with Gasteiger partial charge in [-0.3, -0.25) is 4.90 Å². The normalized spacial score (nSPS) is 22.2. The predicted octanol–water partition coefficient (Wildman–Crippen LogP) is 7.20. The average molecular weight is 615 g/mol. The van der Waals surface area contributed by atoms with Crippen LogP contribution in [-0.2, 0) is 28.4 Å². The molecule has 0 radical (unpaired) electrons. The Labute approximate surface area is 246 Å². The molecule has 236 valence electrons. The van der Waals surface area contributed by atoms with Crippen LogP contribution in [0.5, 0.6) is 0 Å². The summed E-state index contributed by atoms with van der Waals surface area (Å²) < 4.78 is 92.3. The topological polar surface area (TPSA) is 58.1 Å². The molecule has 1 amide bonds. The highest BCUT2D eigenvalue weighted by Crippen LogP contribution is 2.41. The molecular formula is C30H36F6N4O3. The van der Waals surface area contributed by atoms with Crippen molar-refractivity contribution in [1.82, 2.24) is 9.88 Å². The first-order valence-corrected chi connectivity index (χ1v) is 14.7. The van der Waals surface area contributed by atoms with E-state index >= 15 is 0 Å². The summed E-state index contributed by atoms with van der Waals surface area (Å²) in [5.74, 6) is 0.692. The van der Waals surface area contributed by atoms with Gasteiger partial charge in [-0.1, -0.05) is 0 Å². The Bertz CT molecular complexity index is 1260. The van der Waals surface area contributed by atoms with Crippen LogP contribution in [0.2, 0.25) is 0 Å². The van der Waals surface area contributed by atoms with Crippen molar-refractivity contribution in [2.75, 3.05) is 42.6 Å². The lowest BCUT2D eigenvalue weighted by Gasteiger charge is -2.37. The maximum absolute atomic E-state index is 13.6. The molecule has 1 aromatic carbocycles. The van der Waals surface area contributed by atoms with Gasteiger partial charge in [0.2, 0.25) is 0 Å². The number of ether oxygens (including phenoxy) is 2. The van der Waals surface area contributed by atoms with Crippen molar-refractivity contribution in [3.8, 4) is 0 Å². The number of hydrogen-bond donors (Lipinski definition) is 0. The molecule has 2 aromatic rings. The van der Waals surface area contributed by atoms with E-state index in [9.17, 15) is 31.1 Å². The zero-order valence-corrected chi connectivity index (χ0v) is 24.2. The number of rotatable bonds is 7. The number of piperidine rings is 1. The third-order valence-corrected chi connectivity index (χ3v) is 8.57. The van der Waals surface area contributed by atoms with Crippen molar-refractivity contribution < 1.29 is 40.6 Å². The maximum atomic E-state index is 13.6. The molecule has 0 saturated carbocycles. The summed E-state index contributed by atoms with van der Waals surface area (Å²) in [6.07, 6.45) is -5.46. The molecule has 0 bridgehead atoms. The Morgan fingerprint density at radius 2 is 1.58 bits per heavy atom. The molecule has 3 aliphatic heterocycles. The van der Waals surface area contributed by atoms with E-state index in [-0.39, 0.29) is 24.2 Å². The van der Waals surface area contributed by atoms with Crippen LogP contribution in [0.25, 0.3) is 0 Å². The highest BCUT2D eigenvalue weighted by molar-refractivity contribution is 5.72. The molecule has 13 heteroatoms. The van der Waals surface area contributed by atoms with Crippen LogP contribution < -0.4 is 9.80 Å². The fourth-order valence-corrected chi connectivity index (χ4v) is 6.25. The van der Waals surface area contributed by atoms with Crippen molar-refractivity contribution in [3.63, 3.8) is 0 Å². The fourth-order valence-electron chi connectivity index (χ4n) is 6.25. The predicted molar refractivity (Wildman–Crippen MR) is 148 cm³/mol. The van der Waals surface area contributed by atoms with Crippen LogP contribution in [-0.4, -0.2) is 60.9 Å². The number of cyclic esters (lactones) is 1. The van der Waals surface area contributed by atoms with E-state index in [1.165, 1.54) is 4.90 Å². The van der Waals surface area contributed by atoms with E-state index in [1.54, 1.807) is 6.92 Å². The third kappa shape index (κ3) is 6.81. The molecule has 43 heavy (non-hydrogen) atoms. The van der Waals surface area contributed by atoms with Gasteiger partial charge in [-0.25, -0.2) is 9.78 Å². The number of amides is 1. The van der Waals surface area contributed by atoms with Gasteiger partial charge in [0.05, 0.1) is 35.6 Å². The quantitative estimate of drug-likeness (QED) is 0.308. The largest absolute Gasteiger partial charge is 0.439 e. The summed E-state index contributed by atoms with van der Waals surface area (Å²) in [4.78, 5) is 23.8. The second kappa shape index (κ2) is 12.4. The van der Waals surface area contributed by atoms with E-state index in [0.717, 1.165) is 56.4 Å². The van der Waals surface area contributed by atoms with Crippen LogP contribution in [0.3, 0.4) is 0 Å². The summed E-state index contributed by atoms with van der Waals surface area (Å²) in [5, 5.41) is 0. The average Bonchev–Trinajstić information content (AvgIpc) is 3.26. The summed E-state index contributed by atoms with van der Waals surface area (Å²) in [6.45, 7) is 7.27. The number of hydrogen-bond acceptors (Lipinski definition) is 6. The lowest BCUT2D eigenvalue weighted by atomic mass is 9.97. The Morgan fingerprint density at radius 3 is 2.16 bits per heavy atom. The highest BCUT2D eigenvalue weighted by Gasteiger charge is 2.43. The zero-order valence-electron chi connectivity index (χ0n) is 24.2. The number of carbonyl (C=O) groups excluding carboxylic acids is 1. The van der Waals surface area contributed by atoms with Gasteiger partial charge in [-0.05, 0) is 75.8 Å². The Hall–Kier alpha value is -3.22. The third-order valence-electron chi connectivity index (χ3n) is 8.57. The van der Waals surface area contributed by atoms with Crippen LogP contribution in [0, 0.1) is 0 Å². The second-order valence-corrected chi connectivity index (χ2v) is 11.4. The zero-order chi connectivity index (χ0) is 30.9. The number of nitrogens with zero attached hydrogens (tertiary/aromatic N) is 4. The number of halogens is 6. The van der Waals surface area contributed by atoms with Gasteiger partial charge in [0.25, 0.3) is 0 Å². The van der Waals surface area contributed by atoms with E-state index in [0.29, 0.717) is 37.7 Å². The molecule has 1 aromatic heterocycles. The van der Waals surface area contributed by atoms with Gasteiger partial charge in [-0.2, -0.15) is 26.3 Å². The summed E-state index contributed by atoms with van der Waals surface area (Å²) in [6, 6.07) is 2.65. The molecule has 7 nitrogen and oxygen atoms in total. The first-order chi connectivity index (χ1) is 20.4. The van der Waals surface area contributed by atoms with E-state index in [4.69, 9.17) is 14.5 Å². The van der Waals surface area contributed by atoms with Crippen molar-refractivity contribution in [3.05, 3.63) is 52.7 Å². The number of alkyl halides is 6. The van der Waals surface area contributed by atoms with E-state index < -0.39 is 41.7 Å². The SMILES string of the molecule is CCN(c1ncc(N2CCCCC2)cc1CN1C(=O)O[C@H](c2cc(C(F)(F)F)cc(C(F)(F)F)c2)[C@@H]1C)C1CCOCC1. The summed E-state index contributed by atoms with van der Waals surface area (Å²) >= 11 is 0. The molecule has 3 saturated heterocycles. The van der Waals surface area contributed by atoms with E-state index in [1.807, 2.05) is 19.2 Å². The first-order valence-electron chi connectivity index (χ1n) is 14.7. The Morgan fingerprint density at radius 1 is 0.953 bits per heavy atom. The molecule has 0 unspecified atom stereocenters.